The minimum absolute atomic E-state index is 0.272. The number of nitrogens with one attached hydrogen (secondary N) is 1. The SMILES string of the molecule is COCCC(C)(C)CNCc1ccnn1C. The molecular formula is C12H23N3O. The van der Waals surface area contributed by atoms with Crippen LogP contribution in [0.25, 0.3) is 0 Å². The van der Waals surface area contributed by atoms with Crippen LogP contribution in [0.5, 0.6) is 0 Å². The van der Waals surface area contributed by atoms with Crippen molar-refractivity contribution < 1.29 is 4.74 Å². The van der Waals surface area contributed by atoms with E-state index in [1.165, 1.54) is 5.69 Å². The number of ether oxygens (including phenoxy) is 1. The van der Waals surface area contributed by atoms with Gasteiger partial charge in [-0.3, -0.25) is 4.68 Å². The van der Waals surface area contributed by atoms with Crippen molar-refractivity contribution in [1.29, 1.82) is 0 Å². The van der Waals surface area contributed by atoms with Crippen LogP contribution in [-0.4, -0.2) is 30.0 Å². The van der Waals surface area contributed by atoms with Crippen molar-refractivity contribution in [3.63, 3.8) is 0 Å². The third-order valence-electron chi connectivity index (χ3n) is 2.82. The van der Waals surface area contributed by atoms with Crippen molar-refractivity contribution >= 4 is 0 Å². The molecule has 0 amide bonds. The molecule has 1 aromatic heterocycles. The molecule has 0 unspecified atom stereocenters. The highest BCUT2D eigenvalue weighted by Crippen LogP contribution is 2.18. The summed E-state index contributed by atoms with van der Waals surface area (Å²) in [6.07, 6.45) is 2.90. The van der Waals surface area contributed by atoms with Crippen molar-refractivity contribution in [2.75, 3.05) is 20.3 Å². The van der Waals surface area contributed by atoms with Crippen LogP contribution in [0.1, 0.15) is 26.0 Å². The summed E-state index contributed by atoms with van der Waals surface area (Å²) < 4.78 is 7.01. The summed E-state index contributed by atoms with van der Waals surface area (Å²) in [6.45, 7) is 7.18. The fourth-order valence-corrected chi connectivity index (χ4v) is 1.57. The summed E-state index contributed by atoms with van der Waals surface area (Å²) in [5, 5.41) is 7.60. The molecule has 1 N–H and O–H groups in total. The molecule has 1 rings (SSSR count). The molecule has 4 nitrogen and oxygen atoms in total. The molecule has 0 saturated carbocycles. The summed E-state index contributed by atoms with van der Waals surface area (Å²) in [5.74, 6) is 0. The van der Waals surface area contributed by atoms with Gasteiger partial charge in [-0.1, -0.05) is 13.8 Å². The minimum atomic E-state index is 0.272. The molecule has 0 fully saturated rings. The van der Waals surface area contributed by atoms with Crippen LogP contribution >= 0.6 is 0 Å². The van der Waals surface area contributed by atoms with Gasteiger partial charge in [0.2, 0.25) is 0 Å². The number of methoxy groups -OCH3 is 1. The molecule has 1 heterocycles. The first-order valence-electron chi connectivity index (χ1n) is 5.72. The Labute approximate surface area is 98.0 Å². The average molecular weight is 225 g/mol. The molecule has 92 valence electrons. The van der Waals surface area contributed by atoms with E-state index in [0.29, 0.717) is 0 Å². The maximum Gasteiger partial charge on any atom is 0.0518 e. The highest BCUT2D eigenvalue weighted by molar-refractivity contribution is 4.99. The van der Waals surface area contributed by atoms with Crippen LogP contribution in [0.3, 0.4) is 0 Å². The summed E-state index contributed by atoms with van der Waals surface area (Å²) in [5.41, 5.74) is 1.48. The average Bonchev–Trinajstić information content (AvgIpc) is 2.62. The third-order valence-corrected chi connectivity index (χ3v) is 2.82. The Bertz CT molecular complexity index is 307. The summed E-state index contributed by atoms with van der Waals surface area (Å²) >= 11 is 0. The van der Waals surface area contributed by atoms with E-state index in [1.54, 1.807) is 7.11 Å². The topological polar surface area (TPSA) is 39.1 Å². The Morgan fingerprint density at radius 3 is 2.81 bits per heavy atom. The van der Waals surface area contributed by atoms with Crippen LogP contribution in [0, 0.1) is 5.41 Å². The van der Waals surface area contributed by atoms with E-state index in [-0.39, 0.29) is 5.41 Å². The first kappa shape index (κ1) is 13.2. The van der Waals surface area contributed by atoms with Gasteiger partial charge in [-0.25, -0.2) is 0 Å². The van der Waals surface area contributed by atoms with Crippen LogP contribution in [-0.2, 0) is 18.3 Å². The Hall–Kier alpha value is -0.870. The third kappa shape index (κ3) is 4.33. The molecule has 16 heavy (non-hydrogen) atoms. The highest BCUT2D eigenvalue weighted by atomic mass is 16.5. The number of aromatic nitrogens is 2. The summed E-state index contributed by atoms with van der Waals surface area (Å²) in [6, 6.07) is 2.04. The molecule has 0 aliphatic heterocycles. The summed E-state index contributed by atoms with van der Waals surface area (Å²) in [7, 11) is 3.71. The van der Waals surface area contributed by atoms with Gasteiger partial charge in [0.25, 0.3) is 0 Å². The van der Waals surface area contributed by atoms with Gasteiger partial charge in [-0.2, -0.15) is 5.10 Å². The Morgan fingerprint density at radius 2 is 2.25 bits per heavy atom. The van der Waals surface area contributed by atoms with Gasteiger partial charge in [-0.15, -0.1) is 0 Å². The van der Waals surface area contributed by atoms with E-state index in [2.05, 4.69) is 24.3 Å². The lowest BCUT2D eigenvalue weighted by Crippen LogP contribution is -2.30. The van der Waals surface area contributed by atoms with Gasteiger partial charge in [-0.05, 0) is 17.9 Å². The Kier molecular flexibility index (Phi) is 4.96. The van der Waals surface area contributed by atoms with Crippen LogP contribution in [0.2, 0.25) is 0 Å². The molecule has 0 saturated heterocycles. The van der Waals surface area contributed by atoms with E-state index in [1.807, 2.05) is 24.0 Å². The molecule has 0 radical (unpaired) electrons. The lowest BCUT2D eigenvalue weighted by molar-refractivity contribution is 0.150. The normalized spacial score (nSPS) is 12.0. The van der Waals surface area contributed by atoms with Crippen molar-refractivity contribution in [3.8, 4) is 0 Å². The van der Waals surface area contributed by atoms with E-state index >= 15 is 0 Å². The fraction of sp³-hybridized carbons (Fsp3) is 0.750. The van der Waals surface area contributed by atoms with Crippen LogP contribution < -0.4 is 5.32 Å². The van der Waals surface area contributed by atoms with Gasteiger partial charge in [0.1, 0.15) is 0 Å². The largest absolute Gasteiger partial charge is 0.385 e. The summed E-state index contributed by atoms with van der Waals surface area (Å²) in [4.78, 5) is 0. The standard InChI is InChI=1S/C12H23N3O/c1-12(2,6-8-16-4)10-13-9-11-5-7-14-15(11)3/h5,7,13H,6,8-10H2,1-4H3. The van der Waals surface area contributed by atoms with Gasteiger partial charge in [0, 0.05) is 40.1 Å². The quantitative estimate of drug-likeness (QED) is 0.765. The first-order chi connectivity index (χ1) is 7.55. The van der Waals surface area contributed by atoms with E-state index < -0.39 is 0 Å². The van der Waals surface area contributed by atoms with E-state index in [0.717, 1.165) is 26.1 Å². The lowest BCUT2D eigenvalue weighted by Gasteiger charge is -2.24. The predicted octanol–water partition coefficient (Wildman–Crippen LogP) is 1.57. The molecule has 0 aliphatic carbocycles. The predicted molar refractivity (Wildman–Crippen MR) is 65.2 cm³/mol. The van der Waals surface area contributed by atoms with Crippen molar-refractivity contribution in [3.05, 3.63) is 18.0 Å². The maximum absolute atomic E-state index is 5.11. The van der Waals surface area contributed by atoms with Crippen LogP contribution in [0.4, 0.5) is 0 Å². The van der Waals surface area contributed by atoms with Crippen molar-refractivity contribution in [1.82, 2.24) is 15.1 Å². The number of aryl methyl sites for hydroxylation is 1. The molecule has 0 aliphatic rings. The van der Waals surface area contributed by atoms with Gasteiger partial charge in [0.15, 0.2) is 0 Å². The monoisotopic (exact) mass is 225 g/mol. The van der Waals surface area contributed by atoms with Crippen molar-refractivity contribution in [2.45, 2.75) is 26.8 Å². The Morgan fingerprint density at radius 1 is 1.50 bits per heavy atom. The van der Waals surface area contributed by atoms with Crippen LogP contribution in [0.15, 0.2) is 12.3 Å². The molecule has 1 aromatic rings. The Balaban J connectivity index is 2.27. The van der Waals surface area contributed by atoms with Crippen molar-refractivity contribution in [2.24, 2.45) is 12.5 Å². The second-order valence-corrected chi connectivity index (χ2v) is 4.96. The molecule has 0 spiro atoms. The van der Waals surface area contributed by atoms with Gasteiger partial charge >= 0.3 is 0 Å². The van der Waals surface area contributed by atoms with E-state index in [9.17, 15) is 0 Å². The number of hydrogen-bond donors (Lipinski definition) is 1. The van der Waals surface area contributed by atoms with Gasteiger partial charge in [0.05, 0.1) is 5.69 Å². The zero-order valence-corrected chi connectivity index (χ0v) is 10.8. The second kappa shape index (κ2) is 6.01. The first-order valence-corrected chi connectivity index (χ1v) is 5.72. The maximum atomic E-state index is 5.11. The number of nitrogens with zero attached hydrogens (tertiary/aromatic N) is 2. The number of rotatable bonds is 7. The molecule has 0 atom stereocenters. The molecular weight excluding hydrogens is 202 g/mol. The second-order valence-electron chi connectivity index (χ2n) is 4.96. The minimum Gasteiger partial charge on any atom is -0.385 e. The lowest BCUT2D eigenvalue weighted by atomic mass is 9.90. The molecule has 4 heteroatoms. The molecule has 0 bridgehead atoms. The molecule has 0 aromatic carbocycles. The number of hydrogen-bond acceptors (Lipinski definition) is 3. The zero-order valence-electron chi connectivity index (χ0n) is 10.8. The highest BCUT2D eigenvalue weighted by Gasteiger charge is 2.16. The zero-order chi connectivity index (χ0) is 12.0. The van der Waals surface area contributed by atoms with Gasteiger partial charge < -0.3 is 10.1 Å². The fourth-order valence-electron chi connectivity index (χ4n) is 1.57. The van der Waals surface area contributed by atoms with E-state index in [4.69, 9.17) is 4.74 Å². The smallest absolute Gasteiger partial charge is 0.0518 e.